The monoisotopic (exact) mass is 768 g/mol. The standard InChI is InChI=1S/C42H41FN10O4/c43-28-5-1-4-27(20-28)34-7-3-15-51(34)38-13-12-37-45-33(25-52(37)47-38)32-6-2-8-36(44-32)49-18-16-48(17-19-49)22-26-23-50(24-26)29-9-10-30-31(21-29)42(57)53(41(30)56)35-11-14-39(54)46-40(35)55/h1-2,4-6,8-10,12-13,20-21,25-26,34-35H,3,7,11,14-19,22-24H2,(H,46,54,55). The van der Waals surface area contributed by atoms with Gasteiger partial charge in [0.25, 0.3) is 11.8 Å². The van der Waals surface area contributed by atoms with Crippen LogP contribution in [0, 0.1) is 11.7 Å². The molecule has 4 amide bonds. The van der Waals surface area contributed by atoms with Crippen LogP contribution in [0.5, 0.6) is 0 Å². The number of piperidine rings is 1. The molecule has 2 atom stereocenters. The van der Waals surface area contributed by atoms with Crippen molar-refractivity contribution in [3.05, 3.63) is 102 Å². The second-order valence-corrected chi connectivity index (χ2v) is 15.6. The molecule has 5 aliphatic heterocycles. The zero-order chi connectivity index (χ0) is 38.8. The fourth-order valence-electron chi connectivity index (χ4n) is 9.07. The van der Waals surface area contributed by atoms with Crippen molar-refractivity contribution in [1.29, 1.82) is 0 Å². The summed E-state index contributed by atoms with van der Waals surface area (Å²) < 4.78 is 15.8. The molecule has 3 aromatic heterocycles. The summed E-state index contributed by atoms with van der Waals surface area (Å²) in [5.41, 5.74) is 4.73. The largest absolute Gasteiger partial charge is 0.371 e. The van der Waals surface area contributed by atoms with E-state index in [0.717, 1.165) is 110 Å². The number of halogens is 1. The summed E-state index contributed by atoms with van der Waals surface area (Å²) in [6.45, 7) is 7.08. The molecule has 4 saturated heterocycles. The Labute approximate surface area is 327 Å². The van der Waals surface area contributed by atoms with Crippen molar-refractivity contribution in [1.82, 2.24) is 34.7 Å². The molecule has 0 aliphatic carbocycles. The van der Waals surface area contributed by atoms with Crippen LogP contribution in [-0.2, 0) is 9.59 Å². The third-order valence-corrected chi connectivity index (χ3v) is 12.0. The number of hydrogen-bond acceptors (Lipinski definition) is 11. The van der Waals surface area contributed by atoms with E-state index in [2.05, 4.69) is 24.9 Å². The van der Waals surface area contributed by atoms with Crippen molar-refractivity contribution >= 4 is 46.6 Å². The Balaban J connectivity index is 0.739. The van der Waals surface area contributed by atoms with Crippen LogP contribution < -0.4 is 20.0 Å². The van der Waals surface area contributed by atoms with E-state index < -0.39 is 29.7 Å². The molecule has 0 bridgehead atoms. The van der Waals surface area contributed by atoms with E-state index in [1.807, 2.05) is 53.2 Å². The highest BCUT2D eigenvalue weighted by Crippen LogP contribution is 2.36. The number of hydrogen-bond donors (Lipinski definition) is 1. The minimum Gasteiger partial charge on any atom is -0.371 e. The normalized spacial score (nSPS) is 21.8. The number of amides is 4. The first kappa shape index (κ1) is 35.2. The van der Waals surface area contributed by atoms with Gasteiger partial charge >= 0.3 is 0 Å². The summed E-state index contributed by atoms with van der Waals surface area (Å²) in [5.74, 6) is 0.0390. The number of rotatable bonds is 8. The van der Waals surface area contributed by atoms with E-state index in [-0.39, 0.29) is 24.7 Å². The number of carbonyl (C=O) groups excluding carboxylic acids is 4. The van der Waals surface area contributed by atoms with Gasteiger partial charge in [0.15, 0.2) is 5.65 Å². The number of benzene rings is 2. The van der Waals surface area contributed by atoms with Crippen LogP contribution in [0.3, 0.4) is 0 Å². The van der Waals surface area contributed by atoms with E-state index in [4.69, 9.17) is 15.1 Å². The Morgan fingerprint density at radius 1 is 0.737 bits per heavy atom. The number of imide groups is 2. The first-order valence-corrected chi connectivity index (χ1v) is 19.7. The van der Waals surface area contributed by atoms with E-state index >= 15 is 0 Å². The molecule has 5 aliphatic rings. The number of pyridine rings is 1. The third-order valence-electron chi connectivity index (χ3n) is 12.0. The summed E-state index contributed by atoms with van der Waals surface area (Å²) in [6.07, 6.45) is 4.12. The average Bonchev–Trinajstić information content (AvgIpc) is 3.93. The molecule has 4 fully saturated rings. The minimum absolute atomic E-state index is 0.0800. The van der Waals surface area contributed by atoms with Crippen LogP contribution in [0.1, 0.15) is 58.0 Å². The average molecular weight is 769 g/mol. The van der Waals surface area contributed by atoms with Gasteiger partial charge in [-0.1, -0.05) is 18.2 Å². The van der Waals surface area contributed by atoms with Gasteiger partial charge in [-0.3, -0.25) is 34.3 Å². The van der Waals surface area contributed by atoms with Gasteiger partial charge in [0, 0.05) is 70.4 Å². The number of nitrogens with zero attached hydrogens (tertiary/aromatic N) is 9. The van der Waals surface area contributed by atoms with Crippen LogP contribution >= 0.6 is 0 Å². The molecule has 290 valence electrons. The molecule has 0 spiro atoms. The smallest absolute Gasteiger partial charge is 0.262 e. The van der Waals surface area contributed by atoms with Gasteiger partial charge < -0.3 is 14.7 Å². The van der Waals surface area contributed by atoms with Gasteiger partial charge in [-0.15, -0.1) is 5.10 Å². The molecule has 8 heterocycles. The van der Waals surface area contributed by atoms with E-state index in [9.17, 15) is 23.6 Å². The Morgan fingerprint density at radius 3 is 2.39 bits per heavy atom. The molecule has 57 heavy (non-hydrogen) atoms. The van der Waals surface area contributed by atoms with Gasteiger partial charge in [0.2, 0.25) is 11.8 Å². The van der Waals surface area contributed by atoms with Crippen molar-refractivity contribution in [3.8, 4) is 11.4 Å². The zero-order valence-electron chi connectivity index (χ0n) is 31.3. The predicted octanol–water partition coefficient (Wildman–Crippen LogP) is 3.93. The molecular weight excluding hydrogens is 728 g/mol. The molecular formula is C42H41FN10O4. The second kappa shape index (κ2) is 14.1. The topological polar surface area (TPSA) is 140 Å². The second-order valence-electron chi connectivity index (χ2n) is 15.6. The van der Waals surface area contributed by atoms with Crippen LogP contribution in [0.2, 0.25) is 0 Å². The third kappa shape index (κ3) is 6.45. The lowest BCUT2D eigenvalue weighted by molar-refractivity contribution is -0.136. The fourth-order valence-corrected chi connectivity index (χ4v) is 9.07. The molecule has 0 radical (unpaired) electrons. The first-order valence-electron chi connectivity index (χ1n) is 19.7. The lowest BCUT2D eigenvalue weighted by Gasteiger charge is -2.45. The van der Waals surface area contributed by atoms with Crippen molar-refractivity contribution in [3.63, 3.8) is 0 Å². The van der Waals surface area contributed by atoms with Crippen molar-refractivity contribution < 1.29 is 23.6 Å². The molecule has 10 rings (SSSR count). The lowest BCUT2D eigenvalue weighted by Crippen LogP contribution is -2.55. The molecule has 15 heteroatoms. The summed E-state index contributed by atoms with van der Waals surface area (Å²) in [7, 11) is 0. The first-order chi connectivity index (χ1) is 27.8. The highest BCUT2D eigenvalue weighted by atomic mass is 19.1. The Bertz CT molecular complexity index is 2440. The van der Waals surface area contributed by atoms with Gasteiger partial charge in [0.05, 0.1) is 29.1 Å². The van der Waals surface area contributed by atoms with Gasteiger partial charge in [0.1, 0.15) is 29.2 Å². The van der Waals surface area contributed by atoms with Gasteiger partial charge in [-0.25, -0.2) is 18.9 Å². The van der Waals surface area contributed by atoms with E-state index in [1.165, 1.54) is 6.07 Å². The summed E-state index contributed by atoms with van der Waals surface area (Å²) >= 11 is 0. The number of nitrogens with one attached hydrogen (secondary N) is 1. The molecule has 2 aromatic carbocycles. The number of carbonyl (C=O) groups is 4. The summed E-state index contributed by atoms with van der Waals surface area (Å²) in [5, 5.41) is 7.16. The van der Waals surface area contributed by atoms with Gasteiger partial charge in [-0.2, -0.15) is 0 Å². The number of fused-ring (bicyclic) bond motifs is 2. The number of aromatic nitrogens is 4. The number of piperazine rings is 1. The fraction of sp³-hybridized carbons (Fsp3) is 0.357. The van der Waals surface area contributed by atoms with Crippen molar-refractivity contribution in [2.45, 2.75) is 37.8 Å². The molecule has 14 nitrogen and oxygen atoms in total. The Kier molecular flexibility index (Phi) is 8.69. The minimum atomic E-state index is -0.971. The van der Waals surface area contributed by atoms with Gasteiger partial charge in [-0.05, 0) is 79.4 Å². The maximum atomic E-state index is 14.0. The molecule has 5 aromatic rings. The highest BCUT2D eigenvalue weighted by molar-refractivity contribution is 6.23. The van der Waals surface area contributed by atoms with Crippen LogP contribution in [0.15, 0.2) is 79.0 Å². The van der Waals surface area contributed by atoms with E-state index in [1.54, 1.807) is 24.3 Å². The van der Waals surface area contributed by atoms with Crippen LogP contribution in [0.25, 0.3) is 17.0 Å². The Hall–Kier alpha value is -6.22. The van der Waals surface area contributed by atoms with Crippen molar-refractivity contribution in [2.75, 3.05) is 67.1 Å². The Morgan fingerprint density at radius 2 is 1.56 bits per heavy atom. The molecule has 2 unspecified atom stereocenters. The molecule has 0 saturated carbocycles. The van der Waals surface area contributed by atoms with E-state index in [0.29, 0.717) is 17.0 Å². The maximum absolute atomic E-state index is 14.0. The summed E-state index contributed by atoms with van der Waals surface area (Å²) in [4.78, 5) is 70.6. The predicted molar refractivity (Wildman–Crippen MR) is 209 cm³/mol. The number of anilines is 3. The zero-order valence-corrected chi connectivity index (χ0v) is 31.3. The highest BCUT2D eigenvalue weighted by Gasteiger charge is 2.45. The molecule has 1 N–H and O–H groups in total. The quantitative estimate of drug-likeness (QED) is 0.230. The van der Waals surface area contributed by atoms with Crippen LogP contribution in [0.4, 0.5) is 21.7 Å². The van der Waals surface area contributed by atoms with Crippen LogP contribution in [-0.4, -0.2) is 111 Å². The summed E-state index contributed by atoms with van der Waals surface area (Å²) in [6, 6.07) is 21.3. The maximum Gasteiger partial charge on any atom is 0.262 e. The SMILES string of the molecule is O=C1CCC(N2C(=O)c3ccc(N4CC(CN5CCN(c6cccc(-c7cn8nc(N9CCCC9c9cccc(F)c9)ccc8n7)n6)CC5)C4)cc3C2=O)C(=O)N1. The van der Waals surface area contributed by atoms with Crippen molar-refractivity contribution in [2.24, 2.45) is 5.92 Å². The number of imidazole rings is 1. The lowest BCUT2D eigenvalue weighted by atomic mass is 9.97.